The Hall–Kier alpha value is -1.68. The summed E-state index contributed by atoms with van der Waals surface area (Å²) in [5.41, 5.74) is 0.356. The molecule has 1 aliphatic heterocycles. The standard InChI is InChI=1S/C15H21N3O5S.ClH/c1-17(2)24(22,23)12-6-3-5-11(9-12)16-14(19)10-18-8-4-7-13(18)15(20)21;/h3,5-6,9,13H,4,7-8,10H2,1-2H3,(H,16,19)(H,20,21);1H/t13-;/m0./s1. The van der Waals surface area contributed by atoms with E-state index in [1.165, 1.54) is 26.2 Å². The molecule has 0 aliphatic carbocycles. The van der Waals surface area contributed by atoms with Crippen molar-refractivity contribution in [3.05, 3.63) is 24.3 Å². The van der Waals surface area contributed by atoms with Gasteiger partial charge >= 0.3 is 5.97 Å². The fourth-order valence-corrected chi connectivity index (χ4v) is 3.57. The number of likely N-dealkylation sites (tertiary alicyclic amines) is 1. The van der Waals surface area contributed by atoms with Crippen LogP contribution in [-0.2, 0) is 19.6 Å². The van der Waals surface area contributed by atoms with Crippen LogP contribution in [0, 0.1) is 0 Å². The van der Waals surface area contributed by atoms with Crippen LogP contribution in [0.15, 0.2) is 29.2 Å². The quantitative estimate of drug-likeness (QED) is 0.744. The number of sulfonamides is 1. The minimum atomic E-state index is -3.58. The largest absolute Gasteiger partial charge is 0.480 e. The zero-order valence-corrected chi connectivity index (χ0v) is 15.6. The minimum absolute atomic E-state index is 0. The van der Waals surface area contributed by atoms with E-state index in [-0.39, 0.29) is 29.8 Å². The van der Waals surface area contributed by atoms with Crippen LogP contribution in [-0.4, -0.2) is 67.8 Å². The lowest BCUT2D eigenvalue weighted by Crippen LogP contribution is -2.40. The second-order valence-electron chi connectivity index (χ2n) is 5.83. The maximum absolute atomic E-state index is 12.1. The van der Waals surface area contributed by atoms with Crippen LogP contribution in [0.1, 0.15) is 12.8 Å². The number of hydrogen-bond acceptors (Lipinski definition) is 5. The van der Waals surface area contributed by atoms with Crippen LogP contribution in [0.5, 0.6) is 0 Å². The van der Waals surface area contributed by atoms with E-state index in [1.54, 1.807) is 17.0 Å². The molecule has 2 N–H and O–H groups in total. The molecule has 1 aliphatic rings. The highest BCUT2D eigenvalue weighted by atomic mass is 35.5. The summed E-state index contributed by atoms with van der Waals surface area (Å²) in [7, 11) is -0.723. The number of benzene rings is 1. The van der Waals surface area contributed by atoms with E-state index >= 15 is 0 Å². The Morgan fingerprint density at radius 1 is 1.36 bits per heavy atom. The van der Waals surface area contributed by atoms with Gasteiger partial charge in [-0.2, -0.15) is 0 Å². The van der Waals surface area contributed by atoms with Crippen LogP contribution in [0.3, 0.4) is 0 Å². The van der Waals surface area contributed by atoms with Crippen molar-refractivity contribution in [1.29, 1.82) is 0 Å². The molecular weight excluding hydrogens is 370 g/mol. The van der Waals surface area contributed by atoms with Gasteiger partial charge in [-0.15, -0.1) is 12.4 Å². The van der Waals surface area contributed by atoms with Gasteiger partial charge in [0.2, 0.25) is 15.9 Å². The molecule has 2 rings (SSSR count). The predicted octanol–water partition coefficient (Wildman–Crippen LogP) is 0.846. The minimum Gasteiger partial charge on any atom is -0.480 e. The number of aliphatic carboxylic acids is 1. The first-order chi connectivity index (χ1) is 11.2. The first-order valence-electron chi connectivity index (χ1n) is 7.51. The summed E-state index contributed by atoms with van der Waals surface area (Å²) >= 11 is 0. The summed E-state index contributed by atoms with van der Waals surface area (Å²) in [4.78, 5) is 24.9. The number of carboxylic acid groups (broad SMARTS) is 1. The molecule has 25 heavy (non-hydrogen) atoms. The van der Waals surface area contributed by atoms with Crippen LogP contribution < -0.4 is 5.32 Å². The van der Waals surface area contributed by atoms with E-state index < -0.39 is 22.0 Å². The molecule has 0 spiro atoms. The third-order valence-electron chi connectivity index (χ3n) is 3.89. The molecule has 140 valence electrons. The van der Waals surface area contributed by atoms with Crippen molar-refractivity contribution in [2.24, 2.45) is 0 Å². The van der Waals surface area contributed by atoms with Crippen LogP contribution >= 0.6 is 12.4 Å². The molecule has 10 heteroatoms. The third kappa shape index (κ3) is 5.15. The molecule has 0 saturated carbocycles. The number of hydrogen-bond donors (Lipinski definition) is 2. The summed E-state index contributed by atoms with van der Waals surface area (Å²) in [6.07, 6.45) is 1.26. The molecule has 1 aromatic rings. The van der Waals surface area contributed by atoms with Gasteiger partial charge in [0.05, 0.1) is 11.4 Å². The van der Waals surface area contributed by atoms with Crippen LogP contribution in [0.4, 0.5) is 5.69 Å². The SMILES string of the molecule is CN(C)S(=O)(=O)c1cccc(NC(=O)CN2CCC[C@H]2C(=O)O)c1.Cl. The van der Waals surface area contributed by atoms with Gasteiger partial charge in [-0.05, 0) is 37.6 Å². The van der Waals surface area contributed by atoms with Gasteiger partial charge in [0.1, 0.15) is 6.04 Å². The Morgan fingerprint density at radius 2 is 2.04 bits per heavy atom. The molecule has 0 radical (unpaired) electrons. The highest BCUT2D eigenvalue weighted by molar-refractivity contribution is 7.89. The van der Waals surface area contributed by atoms with Crippen molar-refractivity contribution in [2.45, 2.75) is 23.8 Å². The van der Waals surface area contributed by atoms with E-state index in [9.17, 15) is 18.0 Å². The number of anilines is 1. The van der Waals surface area contributed by atoms with Crippen molar-refractivity contribution in [2.75, 3.05) is 32.5 Å². The Kier molecular flexibility index (Phi) is 7.36. The normalized spacial score (nSPS) is 18.0. The fraction of sp³-hybridized carbons (Fsp3) is 0.467. The number of halogens is 1. The molecule has 0 bridgehead atoms. The first kappa shape index (κ1) is 21.4. The monoisotopic (exact) mass is 391 g/mol. The molecule has 1 fully saturated rings. The highest BCUT2D eigenvalue weighted by Gasteiger charge is 2.31. The number of amides is 1. The first-order valence-corrected chi connectivity index (χ1v) is 8.95. The molecule has 1 aromatic carbocycles. The lowest BCUT2D eigenvalue weighted by atomic mass is 10.2. The Balaban J connectivity index is 0.00000312. The van der Waals surface area contributed by atoms with Crippen molar-refractivity contribution < 1.29 is 23.1 Å². The van der Waals surface area contributed by atoms with Crippen molar-refractivity contribution >= 4 is 40.0 Å². The maximum atomic E-state index is 12.1. The number of carbonyl (C=O) groups excluding carboxylic acids is 1. The van der Waals surface area contributed by atoms with Gasteiger partial charge in [0.25, 0.3) is 0 Å². The molecular formula is C15H22ClN3O5S. The predicted molar refractivity (Wildman–Crippen MR) is 95.4 cm³/mol. The number of carbonyl (C=O) groups is 2. The smallest absolute Gasteiger partial charge is 0.320 e. The summed E-state index contributed by atoms with van der Waals surface area (Å²) in [5.74, 6) is -1.30. The molecule has 1 atom stereocenters. The van der Waals surface area contributed by atoms with Gasteiger partial charge in [0.15, 0.2) is 0 Å². The summed E-state index contributed by atoms with van der Waals surface area (Å²) in [5, 5.41) is 11.7. The van der Waals surface area contributed by atoms with Gasteiger partial charge < -0.3 is 10.4 Å². The van der Waals surface area contributed by atoms with E-state index in [0.717, 1.165) is 10.7 Å². The van der Waals surface area contributed by atoms with E-state index in [0.29, 0.717) is 18.7 Å². The highest BCUT2D eigenvalue weighted by Crippen LogP contribution is 2.19. The van der Waals surface area contributed by atoms with Crippen molar-refractivity contribution in [1.82, 2.24) is 9.21 Å². The molecule has 0 aromatic heterocycles. The molecule has 1 saturated heterocycles. The Labute approximate surface area is 153 Å². The van der Waals surface area contributed by atoms with Crippen LogP contribution in [0.25, 0.3) is 0 Å². The Morgan fingerprint density at radius 3 is 2.64 bits per heavy atom. The molecule has 1 heterocycles. The maximum Gasteiger partial charge on any atom is 0.320 e. The summed E-state index contributed by atoms with van der Waals surface area (Å²) in [6, 6.07) is 5.32. The van der Waals surface area contributed by atoms with Crippen molar-refractivity contribution in [3.63, 3.8) is 0 Å². The van der Waals surface area contributed by atoms with Gasteiger partial charge in [-0.3, -0.25) is 14.5 Å². The number of nitrogens with one attached hydrogen (secondary N) is 1. The zero-order chi connectivity index (χ0) is 17.9. The summed E-state index contributed by atoms with van der Waals surface area (Å²) in [6.45, 7) is 0.515. The average Bonchev–Trinajstić information content (AvgIpc) is 2.95. The number of nitrogens with zero attached hydrogens (tertiary/aromatic N) is 2. The van der Waals surface area contributed by atoms with Gasteiger partial charge in [-0.25, -0.2) is 12.7 Å². The molecule has 8 nitrogen and oxygen atoms in total. The van der Waals surface area contributed by atoms with Crippen LogP contribution in [0.2, 0.25) is 0 Å². The number of carboxylic acids is 1. The fourth-order valence-electron chi connectivity index (χ4n) is 2.63. The van der Waals surface area contributed by atoms with Gasteiger partial charge in [0, 0.05) is 19.8 Å². The third-order valence-corrected chi connectivity index (χ3v) is 5.70. The Bertz CT molecular complexity index is 738. The van der Waals surface area contributed by atoms with E-state index in [1.807, 2.05) is 0 Å². The number of rotatable bonds is 6. The zero-order valence-electron chi connectivity index (χ0n) is 14.0. The topological polar surface area (TPSA) is 107 Å². The molecule has 0 unspecified atom stereocenters. The van der Waals surface area contributed by atoms with Crippen molar-refractivity contribution in [3.8, 4) is 0 Å². The van der Waals surface area contributed by atoms with E-state index in [4.69, 9.17) is 5.11 Å². The molecule has 1 amide bonds. The summed E-state index contributed by atoms with van der Waals surface area (Å²) < 4.78 is 25.3. The average molecular weight is 392 g/mol. The second kappa shape index (κ2) is 8.61. The lowest BCUT2D eigenvalue weighted by Gasteiger charge is -2.20. The van der Waals surface area contributed by atoms with E-state index in [2.05, 4.69) is 5.32 Å². The van der Waals surface area contributed by atoms with Gasteiger partial charge in [-0.1, -0.05) is 6.07 Å². The second-order valence-corrected chi connectivity index (χ2v) is 7.98. The lowest BCUT2D eigenvalue weighted by molar-refractivity contribution is -0.142.